The predicted molar refractivity (Wildman–Crippen MR) is 157 cm³/mol. The molecule has 3 amide bonds. The van der Waals surface area contributed by atoms with Crippen LogP contribution in [0.1, 0.15) is 58.6 Å². The van der Waals surface area contributed by atoms with E-state index in [9.17, 15) is 19.2 Å². The number of rotatable bonds is 6. The van der Waals surface area contributed by atoms with Gasteiger partial charge in [0.2, 0.25) is 17.8 Å². The number of nitrogens with zero attached hydrogens (tertiary/aromatic N) is 3. The second kappa shape index (κ2) is 12.9. The van der Waals surface area contributed by atoms with E-state index >= 15 is 0 Å². The number of furan rings is 1. The molecule has 2 N–H and O–H groups in total. The Bertz CT molecular complexity index is 1510. The van der Waals surface area contributed by atoms with Crippen molar-refractivity contribution >= 4 is 46.3 Å². The number of carbonyl (C=O) groups excluding carboxylic acids is 4. The number of aryl methyl sites for hydroxylation is 1. The lowest BCUT2D eigenvalue weighted by Crippen LogP contribution is -2.45. The molecule has 1 aromatic heterocycles. The lowest BCUT2D eigenvalue weighted by atomic mass is 10.1. The van der Waals surface area contributed by atoms with Crippen LogP contribution in [0.2, 0.25) is 0 Å². The predicted octanol–water partition coefficient (Wildman–Crippen LogP) is 3.73. The summed E-state index contributed by atoms with van der Waals surface area (Å²) in [6.45, 7) is 3.84. The summed E-state index contributed by atoms with van der Waals surface area (Å²) < 4.78 is 10.4. The molecule has 2 saturated heterocycles. The highest BCUT2D eigenvalue weighted by Gasteiger charge is 2.30. The summed E-state index contributed by atoms with van der Waals surface area (Å²) in [5, 5.41) is 6.84. The van der Waals surface area contributed by atoms with Gasteiger partial charge in [0.25, 0.3) is 5.91 Å². The van der Waals surface area contributed by atoms with E-state index in [0.29, 0.717) is 29.8 Å². The lowest BCUT2D eigenvalue weighted by Gasteiger charge is -2.25. The van der Waals surface area contributed by atoms with Crippen molar-refractivity contribution in [2.45, 2.75) is 45.1 Å². The molecule has 3 aromatic rings. The molecule has 0 unspecified atom stereocenters. The Hall–Kier alpha value is -4.67. The first-order valence-electron chi connectivity index (χ1n) is 14.2. The van der Waals surface area contributed by atoms with E-state index in [1.54, 1.807) is 11.0 Å². The van der Waals surface area contributed by atoms with Crippen LogP contribution in [0, 0.1) is 6.92 Å². The molecule has 11 heteroatoms. The van der Waals surface area contributed by atoms with Crippen molar-refractivity contribution in [2.24, 2.45) is 4.99 Å². The summed E-state index contributed by atoms with van der Waals surface area (Å²) in [6, 6.07) is 12.7. The number of guanidine groups is 1. The van der Waals surface area contributed by atoms with Gasteiger partial charge in [-0.1, -0.05) is 0 Å². The number of fused-ring (bicyclic) bond motifs is 1. The Morgan fingerprint density at radius 3 is 2.43 bits per heavy atom. The van der Waals surface area contributed by atoms with Crippen molar-refractivity contribution < 1.29 is 28.3 Å². The number of carbonyl (C=O) groups is 4. The number of anilines is 1. The summed E-state index contributed by atoms with van der Waals surface area (Å²) in [4.78, 5) is 59.6. The molecular formula is C31H35N5O6. The van der Waals surface area contributed by atoms with E-state index < -0.39 is 17.9 Å². The molecule has 2 aromatic carbocycles. The number of likely N-dealkylation sites (tertiary alicyclic amines) is 2. The van der Waals surface area contributed by atoms with Crippen LogP contribution in [-0.4, -0.2) is 78.8 Å². The first-order valence-corrected chi connectivity index (χ1v) is 14.2. The minimum atomic E-state index is -0.775. The molecule has 3 heterocycles. The molecule has 2 aliphatic heterocycles. The van der Waals surface area contributed by atoms with Gasteiger partial charge in [0, 0.05) is 36.3 Å². The summed E-state index contributed by atoms with van der Waals surface area (Å²) in [5.41, 5.74) is 1.98. The zero-order valence-electron chi connectivity index (χ0n) is 23.9. The van der Waals surface area contributed by atoms with Crippen molar-refractivity contribution in [2.75, 3.05) is 38.6 Å². The first-order chi connectivity index (χ1) is 20.3. The number of amides is 3. The largest absolute Gasteiger partial charge is 0.465 e. The average molecular weight is 574 g/mol. The number of nitrogens with one attached hydrogen (secondary N) is 2. The van der Waals surface area contributed by atoms with Gasteiger partial charge in [-0.2, -0.15) is 0 Å². The van der Waals surface area contributed by atoms with Gasteiger partial charge in [-0.05, 0) is 87.6 Å². The molecule has 0 radical (unpaired) electrons. The smallest absolute Gasteiger partial charge is 0.337 e. The quantitative estimate of drug-likeness (QED) is 0.261. The van der Waals surface area contributed by atoms with Crippen molar-refractivity contribution in [3.05, 3.63) is 65.4 Å². The third-order valence-corrected chi connectivity index (χ3v) is 7.52. The van der Waals surface area contributed by atoms with Crippen molar-refractivity contribution in [1.29, 1.82) is 0 Å². The maximum Gasteiger partial charge on any atom is 0.337 e. The topological polar surface area (TPSA) is 134 Å². The third-order valence-electron chi connectivity index (χ3n) is 7.52. The van der Waals surface area contributed by atoms with Crippen LogP contribution < -0.4 is 10.6 Å². The normalized spacial score (nSPS) is 17.7. The van der Waals surface area contributed by atoms with Crippen molar-refractivity contribution in [1.82, 2.24) is 15.1 Å². The number of aliphatic imine (C=N–C) groups is 1. The fourth-order valence-electron chi connectivity index (χ4n) is 5.29. The molecule has 2 fully saturated rings. The Morgan fingerprint density at radius 1 is 0.976 bits per heavy atom. The van der Waals surface area contributed by atoms with Gasteiger partial charge < -0.3 is 24.3 Å². The summed E-state index contributed by atoms with van der Waals surface area (Å²) in [5.74, 6) is -0.390. The number of hydrogen-bond donors (Lipinski definition) is 2. The first kappa shape index (κ1) is 28.8. The highest BCUT2D eigenvalue weighted by Crippen LogP contribution is 2.23. The Kier molecular flexibility index (Phi) is 8.85. The second-order valence-electron chi connectivity index (χ2n) is 10.6. The van der Waals surface area contributed by atoms with Crippen LogP contribution in [0.4, 0.5) is 5.69 Å². The Balaban J connectivity index is 1.39. The van der Waals surface area contributed by atoms with E-state index in [4.69, 9.17) is 14.1 Å². The van der Waals surface area contributed by atoms with Crippen LogP contribution >= 0.6 is 0 Å². The Labute approximate surface area is 243 Å². The number of hydrogen-bond acceptors (Lipinski definition) is 7. The Morgan fingerprint density at radius 2 is 1.69 bits per heavy atom. The monoisotopic (exact) mass is 573 g/mol. The number of methoxy groups -OCH3 is 1. The molecule has 1 atom stereocenters. The minimum Gasteiger partial charge on any atom is -0.465 e. The van der Waals surface area contributed by atoms with E-state index in [2.05, 4.69) is 10.6 Å². The van der Waals surface area contributed by atoms with Gasteiger partial charge in [-0.15, -0.1) is 0 Å². The molecule has 0 spiro atoms. The molecular weight excluding hydrogens is 538 g/mol. The number of benzene rings is 2. The van der Waals surface area contributed by atoms with Crippen molar-refractivity contribution in [3.63, 3.8) is 0 Å². The number of esters is 1. The average Bonchev–Trinajstić information content (AvgIpc) is 3.63. The van der Waals surface area contributed by atoms with Crippen LogP contribution in [0.3, 0.4) is 0 Å². The second-order valence-corrected chi connectivity index (χ2v) is 10.6. The lowest BCUT2D eigenvalue weighted by molar-refractivity contribution is -0.140. The van der Waals surface area contributed by atoms with Gasteiger partial charge in [-0.25, -0.2) is 9.79 Å². The molecule has 2 aliphatic rings. The zero-order chi connectivity index (χ0) is 29.6. The van der Waals surface area contributed by atoms with Gasteiger partial charge in [0.05, 0.1) is 19.2 Å². The molecule has 0 saturated carbocycles. The summed E-state index contributed by atoms with van der Waals surface area (Å²) >= 11 is 0. The third kappa shape index (κ3) is 6.79. The summed E-state index contributed by atoms with van der Waals surface area (Å²) in [7, 11) is 1.29. The maximum absolute atomic E-state index is 13.6. The van der Waals surface area contributed by atoms with Crippen LogP contribution in [0.15, 0.2) is 57.9 Å². The maximum atomic E-state index is 13.6. The van der Waals surface area contributed by atoms with Gasteiger partial charge in [0.15, 0.2) is 0 Å². The van der Waals surface area contributed by atoms with Crippen molar-refractivity contribution in [3.8, 4) is 0 Å². The summed E-state index contributed by atoms with van der Waals surface area (Å²) in [6.07, 6.45) is 3.98. The molecule has 5 rings (SSSR count). The fourth-order valence-corrected chi connectivity index (χ4v) is 5.29. The van der Waals surface area contributed by atoms with Gasteiger partial charge in [-0.3, -0.25) is 19.7 Å². The standard InChI is InChI=1S/C31H35N5O6/c1-20-17-23-18-24(12-13-26(23)42-20)32-31(34-28(38)21-8-10-22(11-9-21)30(40)41-2)33-25-7-3-4-16-36(29(25)39)19-27(37)35-14-5-6-15-35/h8-13,17-18,25H,3-7,14-16,19H2,1-2H3,(H2,32,33,34,38)/t25-/m0/s1. The van der Waals surface area contributed by atoms with Crippen LogP contribution in [0.25, 0.3) is 11.0 Å². The molecule has 220 valence electrons. The highest BCUT2D eigenvalue weighted by atomic mass is 16.5. The van der Waals surface area contributed by atoms with E-state index in [-0.39, 0.29) is 24.3 Å². The molecule has 42 heavy (non-hydrogen) atoms. The van der Waals surface area contributed by atoms with E-state index in [0.717, 1.165) is 55.5 Å². The van der Waals surface area contributed by atoms with Crippen LogP contribution in [0.5, 0.6) is 0 Å². The zero-order valence-corrected chi connectivity index (χ0v) is 23.9. The van der Waals surface area contributed by atoms with Gasteiger partial charge in [0.1, 0.15) is 17.4 Å². The molecule has 0 aliphatic carbocycles. The highest BCUT2D eigenvalue weighted by molar-refractivity contribution is 6.11. The van der Waals surface area contributed by atoms with E-state index in [1.807, 2.05) is 30.0 Å². The molecule has 0 bridgehead atoms. The van der Waals surface area contributed by atoms with E-state index in [1.165, 1.54) is 31.4 Å². The SMILES string of the molecule is COC(=O)c1ccc(C(=O)NC(=N[C@H]2CCCCN(CC(=O)N3CCCC3)C2=O)Nc2ccc3oc(C)cc3c2)cc1. The minimum absolute atomic E-state index is 0.0308. The fraction of sp³-hybridized carbons (Fsp3) is 0.387. The molecule has 11 nitrogen and oxygen atoms in total. The van der Waals surface area contributed by atoms with Crippen LogP contribution in [-0.2, 0) is 14.3 Å². The van der Waals surface area contributed by atoms with Gasteiger partial charge >= 0.3 is 5.97 Å². The number of ether oxygens (including phenoxy) is 1.